The predicted molar refractivity (Wildman–Crippen MR) is 61.7 cm³/mol. The van der Waals surface area contributed by atoms with Crippen LogP contribution in [-0.4, -0.2) is 29.4 Å². The molecule has 96 valence electrons. The SMILES string of the molecule is Cc1nn2nc(F)cc2c(=O)n1-c1c[nH]c(=O)cn1. The molecule has 0 aliphatic heterocycles. The fourth-order valence-electron chi connectivity index (χ4n) is 1.74. The van der Waals surface area contributed by atoms with Gasteiger partial charge in [0.15, 0.2) is 11.3 Å². The van der Waals surface area contributed by atoms with Crippen LogP contribution in [0.1, 0.15) is 5.82 Å². The van der Waals surface area contributed by atoms with Gasteiger partial charge in [-0.15, -0.1) is 14.8 Å². The van der Waals surface area contributed by atoms with E-state index in [4.69, 9.17) is 0 Å². The van der Waals surface area contributed by atoms with Gasteiger partial charge in [-0.05, 0) is 6.92 Å². The van der Waals surface area contributed by atoms with Crippen molar-refractivity contribution in [1.29, 1.82) is 0 Å². The summed E-state index contributed by atoms with van der Waals surface area (Å²) in [5, 5.41) is 7.38. The minimum atomic E-state index is -0.795. The van der Waals surface area contributed by atoms with Gasteiger partial charge in [-0.1, -0.05) is 0 Å². The first-order chi connectivity index (χ1) is 9.06. The molecule has 0 aliphatic rings. The summed E-state index contributed by atoms with van der Waals surface area (Å²) in [6, 6.07) is 0.983. The van der Waals surface area contributed by atoms with E-state index in [-0.39, 0.29) is 22.7 Å². The van der Waals surface area contributed by atoms with E-state index in [1.165, 1.54) is 6.20 Å². The maximum atomic E-state index is 13.0. The Hall–Kier alpha value is -2.84. The molecule has 0 radical (unpaired) electrons. The van der Waals surface area contributed by atoms with Crippen molar-refractivity contribution in [3.63, 3.8) is 0 Å². The highest BCUT2D eigenvalue weighted by atomic mass is 19.1. The van der Waals surface area contributed by atoms with Crippen LogP contribution >= 0.6 is 0 Å². The van der Waals surface area contributed by atoms with Crippen LogP contribution in [0.5, 0.6) is 0 Å². The second-order valence-corrected chi connectivity index (χ2v) is 3.80. The van der Waals surface area contributed by atoms with Crippen molar-refractivity contribution in [2.24, 2.45) is 0 Å². The molecule has 19 heavy (non-hydrogen) atoms. The topological polar surface area (TPSA) is 97.9 Å². The standard InChI is InChI=1S/C10H7FN6O2/c1-5-14-17-6(2-7(11)15-17)10(19)16(5)8-3-13-9(18)4-12-8/h2-4H,1H3,(H,13,18). The number of aromatic amines is 1. The predicted octanol–water partition coefficient (Wildman–Crippen LogP) is -0.589. The molecule has 0 aromatic carbocycles. The molecular formula is C10H7FN6O2. The van der Waals surface area contributed by atoms with E-state index in [2.05, 4.69) is 20.2 Å². The van der Waals surface area contributed by atoms with Crippen LogP contribution < -0.4 is 11.1 Å². The molecule has 0 fully saturated rings. The first-order valence-electron chi connectivity index (χ1n) is 5.26. The quantitative estimate of drug-likeness (QED) is 0.632. The lowest BCUT2D eigenvalue weighted by atomic mass is 10.5. The molecule has 0 atom stereocenters. The molecule has 0 bridgehead atoms. The summed E-state index contributed by atoms with van der Waals surface area (Å²) in [6.45, 7) is 1.55. The molecule has 0 saturated carbocycles. The number of hydrogen-bond acceptors (Lipinski definition) is 5. The monoisotopic (exact) mass is 262 g/mol. The fourth-order valence-corrected chi connectivity index (χ4v) is 1.74. The van der Waals surface area contributed by atoms with Crippen LogP contribution in [-0.2, 0) is 0 Å². The van der Waals surface area contributed by atoms with Crippen molar-refractivity contribution >= 4 is 5.52 Å². The second-order valence-electron chi connectivity index (χ2n) is 3.80. The fraction of sp³-hybridized carbons (Fsp3) is 0.100. The lowest BCUT2D eigenvalue weighted by molar-refractivity contribution is 0.554. The van der Waals surface area contributed by atoms with Crippen LogP contribution in [0.15, 0.2) is 28.0 Å². The van der Waals surface area contributed by atoms with Crippen LogP contribution in [0.25, 0.3) is 11.3 Å². The number of hydrogen-bond donors (Lipinski definition) is 1. The van der Waals surface area contributed by atoms with Gasteiger partial charge in [-0.2, -0.15) is 4.39 Å². The third kappa shape index (κ3) is 1.71. The van der Waals surface area contributed by atoms with Crippen molar-refractivity contribution in [3.05, 3.63) is 50.9 Å². The molecule has 0 unspecified atom stereocenters. The van der Waals surface area contributed by atoms with Crippen molar-refractivity contribution in [3.8, 4) is 5.82 Å². The number of rotatable bonds is 1. The zero-order chi connectivity index (χ0) is 13.6. The highest BCUT2D eigenvalue weighted by Gasteiger charge is 2.13. The van der Waals surface area contributed by atoms with Crippen molar-refractivity contribution in [1.82, 2.24) is 29.4 Å². The molecule has 3 aromatic rings. The summed E-state index contributed by atoms with van der Waals surface area (Å²) in [4.78, 5) is 29.4. The number of halogens is 1. The number of aromatic nitrogens is 6. The number of nitrogens with one attached hydrogen (secondary N) is 1. The van der Waals surface area contributed by atoms with Crippen LogP contribution in [0.2, 0.25) is 0 Å². The summed E-state index contributed by atoms with van der Waals surface area (Å²) >= 11 is 0. The van der Waals surface area contributed by atoms with Gasteiger partial charge in [-0.3, -0.25) is 9.59 Å². The average molecular weight is 262 g/mol. The Morgan fingerprint density at radius 2 is 2.11 bits per heavy atom. The number of fused-ring (bicyclic) bond motifs is 1. The van der Waals surface area contributed by atoms with Crippen molar-refractivity contribution in [2.45, 2.75) is 6.92 Å². The Labute approximate surface area is 104 Å². The Kier molecular flexibility index (Phi) is 2.27. The Balaban J connectivity index is 2.37. The molecule has 8 nitrogen and oxygen atoms in total. The maximum Gasteiger partial charge on any atom is 0.285 e. The number of aryl methyl sites for hydroxylation is 1. The van der Waals surface area contributed by atoms with Gasteiger partial charge in [0.2, 0.25) is 5.95 Å². The lowest BCUT2D eigenvalue weighted by Gasteiger charge is -2.07. The largest absolute Gasteiger partial charge is 0.324 e. The molecule has 9 heteroatoms. The summed E-state index contributed by atoms with van der Waals surface area (Å²) in [5.41, 5.74) is -0.932. The molecule has 0 amide bonds. The van der Waals surface area contributed by atoms with Crippen LogP contribution in [0, 0.1) is 12.9 Å². The van der Waals surface area contributed by atoms with Gasteiger partial charge in [0, 0.05) is 12.3 Å². The Morgan fingerprint density at radius 1 is 1.32 bits per heavy atom. The molecule has 0 spiro atoms. The van der Waals surface area contributed by atoms with E-state index in [1.807, 2.05) is 0 Å². The molecule has 3 rings (SSSR count). The van der Waals surface area contributed by atoms with E-state index in [1.54, 1.807) is 6.92 Å². The van der Waals surface area contributed by atoms with E-state index < -0.39 is 11.5 Å². The summed E-state index contributed by atoms with van der Waals surface area (Å²) in [7, 11) is 0. The van der Waals surface area contributed by atoms with E-state index >= 15 is 0 Å². The third-order valence-corrected chi connectivity index (χ3v) is 2.53. The molecular weight excluding hydrogens is 255 g/mol. The number of H-pyrrole nitrogens is 1. The van der Waals surface area contributed by atoms with E-state index in [0.717, 1.165) is 21.5 Å². The highest BCUT2D eigenvalue weighted by molar-refractivity contribution is 5.44. The maximum absolute atomic E-state index is 13.0. The normalized spacial score (nSPS) is 11.1. The summed E-state index contributed by atoms with van der Waals surface area (Å²) < 4.78 is 15.1. The molecule has 3 aromatic heterocycles. The van der Waals surface area contributed by atoms with Gasteiger partial charge < -0.3 is 4.98 Å². The molecule has 0 saturated heterocycles. The van der Waals surface area contributed by atoms with Crippen molar-refractivity contribution < 1.29 is 4.39 Å². The van der Waals surface area contributed by atoms with Gasteiger partial charge in [0.1, 0.15) is 5.82 Å². The van der Waals surface area contributed by atoms with Crippen LogP contribution in [0.3, 0.4) is 0 Å². The lowest BCUT2D eigenvalue weighted by Crippen LogP contribution is -2.26. The summed E-state index contributed by atoms with van der Waals surface area (Å²) in [6.07, 6.45) is 2.32. The van der Waals surface area contributed by atoms with Gasteiger partial charge in [-0.25, -0.2) is 9.55 Å². The van der Waals surface area contributed by atoms with E-state index in [0.29, 0.717) is 0 Å². The first-order valence-corrected chi connectivity index (χ1v) is 5.26. The van der Waals surface area contributed by atoms with E-state index in [9.17, 15) is 14.0 Å². The first kappa shape index (κ1) is 11.3. The van der Waals surface area contributed by atoms with Gasteiger partial charge in [0.05, 0.1) is 6.20 Å². The zero-order valence-corrected chi connectivity index (χ0v) is 9.66. The third-order valence-electron chi connectivity index (χ3n) is 2.53. The smallest absolute Gasteiger partial charge is 0.285 e. The Morgan fingerprint density at radius 3 is 2.79 bits per heavy atom. The summed E-state index contributed by atoms with van der Waals surface area (Å²) in [5.74, 6) is -0.338. The van der Waals surface area contributed by atoms with Crippen LogP contribution in [0.4, 0.5) is 4.39 Å². The van der Waals surface area contributed by atoms with Crippen molar-refractivity contribution in [2.75, 3.05) is 0 Å². The zero-order valence-electron chi connectivity index (χ0n) is 9.66. The minimum absolute atomic E-state index is 0.0175. The Bertz CT molecular complexity index is 873. The second kappa shape index (κ2) is 3.83. The average Bonchev–Trinajstić information content (AvgIpc) is 2.72. The molecule has 0 aliphatic carbocycles. The highest BCUT2D eigenvalue weighted by Crippen LogP contribution is 2.04. The molecule has 3 heterocycles. The van der Waals surface area contributed by atoms with Gasteiger partial charge >= 0.3 is 0 Å². The molecule has 1 N–H and O–H groups in total. The number of nitrogens with zero attached hydrogens (tertiary/aromatic N) is 5. The van der Waals surface area contributed by atoms with Gasteiger partial charge in [0.25, 0.3) is 11.1 Å². The minimum Gasteiger partial charge on any atom is -0.324 e.